The van der Waals surface area contributed by atoms with Gasteiger partial charge in [0.05, 0.1) is 26.4 Å². The van der Waals surface area contributed by atoms with Crippen molar-refractivity contribution in [2.24, 2.45) is 0 Å². The lowest BCUT2D eigenvalue weighted by molar-refractivity contribution is 0.0500. The van der Waals surface area contributed by atoms with Gasteiger partial charge in [-0.25, -0.2) is 9.59 Å². The van der Waals surface area contributed by atoms with Gasteiger partial charge in [-0.1, -0.05) is 6.08 Å². The first-order valence-corrected chi connectivity index (χ1v) is 7.62. The fourth-order valence-corrected chi connectivity index (χ4v) is 2.36. The third-order valence-electron chi connectivity index (χ3n) is 3.21. The molecule has 1 aliphatic heterocycles. The molecule has 0 aromatic carbocycles. The van der Waals surface area contributed by atoms with Crippen LogP contribution in [-0.4, -0.2) is 42.9 Å². The van der Waals surface area contributed by atoms with E-state index < -0.39 is 11.9 Å². The maximum absolute atomic E-state index is 12.4. The summed E-state index contributed by atoms with van der Waals surface area (Å²) in [6, 6.07) is 0. The minimum Gasteiger partial charge on any atom is -0.487 e. The number of nitrogens with zero attached hydrogens (tertiary/aromatic N) is 1. The largest absolute Gasteiger partial charge is 0.487 e. The molecular formula is C16H21NO6. The average Bonchev–Trinajstić information content (AvgIpc) is 2.66. The van der Waals surface area contributed by atoms with E-state index in [0.717, 1.165) is 0 Å². The fraction of sp³-hybridized carbons (Fsp3) is 0.500. The van der Waals surface area contributed by atoms with Gasteiger partial charge in [-0.3, -0.25) is 0 Å². The van der Waals surface area contributed by atoms with Crippen molar-refractivity contribution in [1.29, 1.82) is 0 Å². The number of hydrogen-bond acceptors (Lipinski definition) is 6. The molecule has 0 unspecified atom stereocenters. The summed E-state index contributed by atoms with van der Waals surface area (Å²) in [4.78, 5) is 24.7. The molecular weight excluding hydrogens is 302 g/mol. The Labute approximate surface area is 134 Å². The Morgan fingerprint density at radius 1 is 1.09 bits per heavy atom. The second-order valence-corrected chi connectivity index (χ2v) is 4.75. The van der Waals surface area contributed by atoms with Gasteiger partial charge in [0.25, 0.3) is 0 Å². The summed E-state index contributed by atoms with van der Waals surface area (Å²) >= 11 is 0. The van der Waals surface area contributed by atoms with Crippen LogP contribution in [0.5, 0.6) is 11.5 Å². The molecule has 0 saturated heterocycles. The van der Waals surface area contributed by atoms with E-state index in [4.69, 9.17) is 18.9 Å². The number of carbonyl (C=O) groups excluding carboxylic acids is 2. The van der Waals surface area contributed by atoms with Crippen molar-refractivity contribution in [3.8, 4) is 11.5 Å². The van der Waals surface area contributed by atoms with Crippen LogP contribution in [0.25, 0.3) is 0 Å². The van der Waals surface area contributed by atoms with E-state index in [-0.39, 0.29) is 42.6 Å². The smallest absolute Gasteiger partial charge is 0.359 e. The molecule has 2 heterocycles. The SMILES string of the molecule is C=CCn1c(C(=O)OCC)c2c(c1C(=O)OCC)OCCCO2. The Morgan fingerprint density at radius 3 is 1.96 bits per heavy atom. The number of allylic oxidation sites excluding steroid dienone is 1. The highest BCUT2D eigenvalue weighted by atomic mass is 16.6. The van der Waals surface area contributed by atoms with Crippen LogP contribution in [0.3, 0.4) is 0 Å². The van der Waals surface area contributed by atoms with E-state index >= 15 is 0 Å². The minimum atomic E-state index is -0.577. The topological polar surface area (TPSA) is 76.0 Å². The van der Waals surface area contributed by atoms with E-state index in [9.17, 15) is 9.59 Å². The summed E-state index contributed by atoms with van der Waals surface area (Å²) in [5, 5.41) is 0. The monoisotopic (exact) mass is 323 g/mol. The predicted molar refractivity (Wildman–Crippen MR) is 82.1 cm³/mol. The normalized spacial score (nSPS) is 13.1. The molecule has 1 aromatic heterocycles. The van der Waals surface area contributed by atoms with Crippen molar-refractivity contribution in [2.45, 2.75) is 26.8 Å². The van der Waals surface area contributed by atoms with Gasteiger partial charge in [0.2, 0.25) is 0 Å². The summed E-state index contributed by atoms with van der Waals surface area (Å²) in [5.41, 5.74) is 0.290. The first-order chi connectivity index (χ1) is 11.2. The van der Waals surface area contributed by atoms with Crippen LogP contribution in [0.2, 0.25) is 0 Å². The summed E-state index contributed by atoms with van der Waals surface area (Å²) in [6.45, 7) is 8.51. The van der Waals surface area contributed by atoms with E-state index in [1.54, 1.807) is 19.9 Å². The second-order valence-electron chi connectivity index (χ2n) is 4.75. The quantitative estimate of drug-likeness (QED) is 0.590. The van der Waals surface area contributed by atoms with Crippen molar-refractivity contribution in [3.63, 3.8) is 0 Å². The van der Waals surface area contributed by atoms with Crippen molar-refractivity contribution in [1.82, 2.24) is 4.57 Å². The molecule has 2 rings (SSSR count). The van der Waals surface area contributed by atoms with Crippen LogP contribution >= 0.6 is 0 Å². The Hall–Kier alpha value is -2.44. The van der Waals surface area contributed by atoms with Gasteiger partial charge in [-0.2, -0.15) is 0 Å². The first-order valence-electron chi connectivity index (χ1n) is 7.62. The number of rotatable bonds is 6. The first kappa shape index (κ1) is 16.9. The van der Waals surface area contributed by atoms with Crippen LogP contribution < -0.4 is 9.47 Å². The molecule has 0 radical (unpaired) electrons. The van der Waals surface area contributed by atoms with Gasteiger partial charge >= 0.3 is 11.9 Å². The Kier molecular flexibility index (Phi) is 5.67. The average molecular weight is 323 g/mol. The van der Waals surface area contributed by atoms with Gasteiger partial charge in [-0.05, 0) is 13.8 Å². The highest BCUT2D eigenvalue weighted by molar-refractivity contribution is 5.99. The Bertz CT molecular complexity index is 559. The van der Waals surface area contributed by atoms with Crippen LogP contribution in [0.1, 0.15) is 41.2 Å². The highest BCUT2D eigenvalue weighted by Gasteiger charge is 2.35. The van der Waals surface area contributed by atoms with E-state index in [1.165, 1.54) is 4.57 Å². The zero-order chi connectivity index (χ0) is 16.8. The zero-order valence-corrected chi connectivity index (χ0v) is 13.4. The van der Waals surface area contributed by atoms with Crippen molar-refractivity contribution in [2.75, 3.05) is 26.4 Å². The molecule has 0 N–H and O–H groups in total. The number of hydrogen-bond donors (Lipinski definition) is 0. The second kappa shape index (κ2) is 7.71. The van der Waals surface area contributed by atoms with Gasteiger partial charge in [-0.15, -0.1) is 6.58 Å². The lowest BCUT2D eigenvalue weighted by Gasteiger charge is -2.11. The molecule has 126 valence electrons. The molecule has 0 aliphatic carbocycles. The molecule has 0 bridgehead atoms. The molecule has 1 aromatic rings. The molecule has 23 heavy (non-hydrogen) atoms. The Balaban J connectivity index is 2.65. The predicted octanol–water partition coefficient (Wildman–Crippen LogP) is 2.19. The van der Waals surface area contributed by atoms with Crippen LogP contribution in [0, 0.1) is 0 Å². The molecule has 0 spiro atoms. The summed E-state index contributed by atoms with van der Waals surface area (Å²) < 4.78 is 23.0. The maximum Gasteiger partial charge on any atom is 0.359 e. The molecule has 0 saturated carbocycles. The third kappa shape index (κ3) is 3.33. The standard InChI is InChI=1S/C16H21NO6/c1-4-8-17-11(15(18)20-5-2)13-14(23-10-7-9-22-13)12(17)16(19)21-6-3/h4H,1,5-10H2,2-3H3. The number of carbonyl (C=O) groups is 2. The van der Waals surface area contributed by atoms with Crippen molar-refractivity contribution in [3.05, 3.63) is 24.0 Å². The summed E-state index contributed by atoms with van der Waals surface area (Å²) in [6.07, 6.45) is 2.23. The third-order valence-corrected chi connectivity index (χ3v) is 3.21. The molecule has 7 heteroatoms. The number of esters is 2. The molecule has 0 fully saturated rings. The molecule has 0 atom stereocenters. The lowest BCUT2D eigenvalue weighted by Crippen LogP contribution is -2.18. The van der Waals surface area contributed by atoms with Gasteiger partial charge < -0.3 is 23.5 Å². The summed E-state index contributed by atoms with van der Waals surface area (Å²) in [7, 11) is 0. The van der Waals surface area contributed by atoms with Crippen LogP contribution in [-0.2, 0) is 16.0 Å². The van der Waals surface area contributed by atoms with Crippen LogP contribution in [0.4, 0.5) is 0 Å². The van der Waals surface area contributed by atoms with E-state index in [0.29, 0.717) is 19.6 Å². The number of ether oxygens (including phenoxy) is 4. The van der Waals surface area contributed by atoms with E-state index in [1.807, 2.05) is 0 Å². The van der Waals surface area contributed by atoms with Gasteiger partial charge in [0, 0.05) is 13.0 Å². The van der Waals surface area contributed by atoms with Crippen LogP contribution in [0.15, 0.2) is 12.7 Å². The maximum atomic E-state index is 12.4. The van der Waals surface area contributed by atoms with Gasteiger partial charge in [0.1, 0.15) is 0 Å². The van der Waals surface area contributed by atoms with E-state index in [2.05, 4.69) is 6.58 Å². The lowest BCUT2D eigenvalue weighted by atomic mass is 10.3. The fourth-order valence-electron chi connectivity index (χ4n) is 2.36. The molecule has 7 nitrogen and oxygen atoms in total. The minimum absolute atomic E-state index is 0.145. The van der Waals surface area contributed by atoms with Crippen molar-refractivity contribution < 1.29 is 28.5 Å². The molecule has 1 aliphatic rings. The van der Waals surface area contributed by atoms with Crippen molar-refractivity contribution >= 4 is 11.9 Å². The number of fused-ring (bicyclic) bond motifs is 1. The number of aromatic nitrogens is 1. The highest BCUT2D eigenvalue weighted by Crippen LogP contribution is 2.40. The van der Waals surface area contributed by atoms with Gasteiger partial charge in [0.15, 0.2) is 22.9 Å². The molecule has 0 amide bonds. The zero-order valence-electron chi connectivity index (χ0n) is 13.4. The Morgan fingerprint density at radius 2 is 1.57 bits per heavy atom. The summed E-state index contributed by atoms with van der Waals surface area (Å²) in [5.74, 6) is -0.699.